The highest BCUT2D eigenvalue weighted by atomic mass is 16.3. The van der Waals surface area contributed by atoms with Crippen molar-refractivity contribution in [3.05, 3.63) is 64.7 Å². The first-order valence-electron chi connectivity index (χ1n) is 9.03. The molecule has 0 heterocycles. The predicted molar refractivity (Wildman–Crippen MR) is 106 cm³/mol. The van der Waals surface area contributed by atoms with E-state index in [-0.39, 0.29) is 35.8 Å². The first kappa shape index (κ1) is 20.0. The molecule has 0 atom stereocenters. The van der Waals surface area contributed by atoms with Crippen molar-refractivity contribution in [3.63, 3.8) is 0 Å². The number of phenolic OH excluding ortho intramolecular Hbond substituents is 7. The number of aromatic hydroxyl groups is 7. The lowest BCUT2D eigenvalue weighted by atomic mass is 9.96. The van der Waals surface area contributed by atoms with Crippen LogP contribution in [0.5, 0.6) is 40.2 Å². The molecule has 0 fully saturated rings. The van der Waals surface area contributed by atoms with Crippen LogP contribution >= 0.6 is 0 Å². The quantitative estimate of drug-likeness (QED) is 0.316. The highest BCUT2D eigenvalue weighted by molar-refractivity contribution is 5.58. The Bertz CT molecular complexity index is 964. The molecule has 0 amide bonds. The Labute approximate surface area is 167 Å². The maximum absolute atomic E-state index is 10.2. The number of hydrogen-bond acceptors (Lipinski definition) is 7. The summed E-state index contributed by atoms with van der Waals surface area (Å²) in [5.41, 5.74) is 1.89. The molecule has 7 nitrogen and oxygen atoms in total. The van der Waals surface area contributed by atoms with Gasteiger partial charge in [0.05, 0.1) is 0 Å². The molecule has 7 N–H and O–H groups in total. The summed E-state index contributed by atoms with van der Waals surface area (Å²) in [5, 5.41) is 68.9. The van der Waals surface area contributed by atoms with Gasteiger partial charge in [0.1, 0.15) is 23.0 Å². The van der Waals surface area contributed by atoms with E-state index in [4.69, 9.17) is 0 Å². The minimum atomic E-state index is -0.623. The zero-order valence-corrected chi connectivity index (χ0v) is 15.5. The summed E-state index contributed by atoms with van der Waals surface area (Å²) in [7, 11) is 0. The van der Waals surface area contributed by atoms with Gasteiger partial charge < -0.3 is 35.7 Å². The topological polar surface area (TPSA) is 142 Å². The molecule has 29 heavy (non-hydrogen) atoms. The molecule has 3 rings (SSSR count). The van der Waals surface area contributed by atoms with E-state index in [2.05, 4.69) is 0 Å². The Morgan fingerprint density at radius 2 is 0.793 bits per heavy atom. The van der Waals surface area contributed by atoms with Crippen LogP contribution in [0.3, 0.4) is 0 Å². The SMILES string of the molecule is Oc1ccc(CCc2cc(CCc3ccc(O)cc3O)c(O)c(O)c2O)c(O)c1. The number of hydrogen-bond donors (Lipinski definition) is 7. The van der Waals surface area contributed by atoms with Gasteiger partial charge >= 0.3 is 0 Å². The highest BCUT2D eigenvalue weighted by Crippen LogP contribution is 2.41. The Kier molecular flexibility index (Phi) is 5.59. The number of aryl methyl sites for hydroxylation is 4. The molecule has 0 radical (unpaired) electrons. The predicted octanol–water partition coefficient (Wildman–Crippen LogP) is 3.20. The fraction of sp³-hybridized carbons (Fsp3) is 0.182. The van der Waals surface area contributed by atoms with E-state index in [0.717, 1.165) is 0 Å². The van der Waals surface area contributed by atoms with E-state index in [1.165, 1.54) is 24.3 Å². The Morgan fingerprint density at radius 3 is 1.17 bits per heavy atom. The van der Waals surface area contributed by atoms with Crippen molar-refractivity contribution in [2.45, 2.75) is 25.7 Å². The van der Waals surface area contributed by atoms with Crippen LogP contribution in [-0.4, -0.2) is 35.7 Å². The summed E-state index contributed by atoms with van der Waals surface area (Å²) in [6, 6.07) is 10.0. The average Bonchev–Trinajstić information content (AvgIpc) is 2.67. The zero-order valence-electron chi connectivity index (χ0n) is 15.5. The van der Waals surface area contributed by atoms with Crippen molar-refractivity contribution in [3.8, 4) is 40.2 Å². The fourth-order valence-corrected chi connectivity index (χ4v) is 3.21. The number of rotatable bonds is 6. The lowest BCUT2D eigenvalue weighted by Gasteiger charge is -2.13. The van der Waals surface area contributed by atoms with Gasteiger partial charge in [0, 0.05) is 12.1 Å². The van der Waals surface area contributed by atoms with Crippen LogP contribution in [0.15, 0.2) is 42.5 Å². The van der Waals surface area contributed by atoms with Crippen LogP contribution in [0.25, 0.3) is 0 Å². The molecule has 0 bridgehead atoms. The summed E-state index contributed by atoms with van der Waals surface area (Å²) < 4.78 is 0. The van der Waals surface area contributed by atoms with E-state index >= 15 is 0 Å². The third-order valence-corrected chi connectivity index (χ3v) is 4.87. The van der Waals surface area contributed by atoms with Crippen molar-refractivity contribution in [1.29, 1.82) is 0 Å². The van der Waals surface area contributed by atoms with Gasteiger partial charge in [0.15, 0.2) is 11.5 Å². The molecule has 0 aromatic heterocycles. The fourth-order valence-electron chi connectivity index (χ4n) is 3.21. The van der Waals surface area contributed by atoms with Gasteiger partial charge in [-0.15, -0.1) is 0 Å². The lowest BCUT2D eigenvalue weighted by Crippen LogP contribution is -1.98. The number of benzene rings is 3. The molecule has 3 aromatic carbocycles. The summed E-state index contributed by atoms with van der Waals surface area (Å²) >= 11 is 0. The van der Waals surface area contributed by atoms with Crippen LogP contribution in [0, 0.1) is 0 Å². The van der Waals surface area contributed by atoms with Crippen molar-refractivity contribution in [2.24, 2.45) is 0 Å². The van der Waals surface area contributed by atoms with Gasteiger partial charge in [-0.3, -0.25) is 0 Å². The first-order chi connectivity index (χ1) is 13.8. The molecule has 0 spiro atoms. The van der Waals surface area contributed by atoms with E-state index in [1.807, 2.05) is 0 Å². The largest absolute Gasteiger partial charge is 0.508 e. The zero-order chi connectivity index (χ0) is 21.1. The van der Waals surface area contributed by atoms with Gasteiger partial charge in [0.2, 0.25) is 5.75 Å². The third kappa shape index (κ3) is 4.40. The normalized spacial score (nSPS) is 10.9. The van der Waals surface area contributed by atoms with Gasteiger partial charge in [-0.05, 0) is 66.1 Å². The molecule has 0 unspecified atom stereocenters. The molecule has 0 aliphatic rings. The molecule has 7 heteroatoms. The maximum atomic E-state index is 10.2. The van der Waals surface area contributed by atoms with E-state index in [9.17, 15) is 35.7 Å². The molecule has 0 aliphatic carbocycles. The standard InChI is InChI=1S/C22H22O7/c23-16-7-5-12(18(25)10-16)1-3-14-9-15(21(28)22(29)20(14)27)4-2-13-6-8-17(24)11-19(13)26/h5-11,23-29H,1-4H2. The van der Waals surface area contributed by atoms with Gasteiger partial charge in [-0.2, -0.15) is 0 Å². The minimum Gasteiger partial charge on any atom is -0.508 e. The lowest BCUT2D eigenvalue weighted by molar-refractivity contribution is 0.362. The smallest absolute Gasteiger partial charge is 0.200 e. The van der Waals surface area contributed by atoms with E-state index in [1.54, 1.807) is 18.2 Å². The Balaban J connectivity index is 1.80. The number of phenols is 7. The van der Waals surface area contributed by atoms with Crippen molar-refractivity contribution in [1.82, 2.24) is 0 Å². The second-order valence-electron chi connectivity index (χ2n) is 6.87. The summed E-state index contributed by atoms with van der Waals surface area (Å²) in [5.74, 6) is -1.75. The molecule has 0 saturated heterocycles. The van der Waals surface area contributed by atoms with Crippen molar-refractivity contribution < 1.29 is 35.7 Å². The second-order valence-corrected chi connectivity index (χ2v) is 6.87. The Morgan fingerprint density at radius 1 is 0.414 bits per heavy atom. The van der Waals surface area contributed by atoms with E-state index in [0.29, 0.717) is 35.1 Å². The minimum absolute atomic E-state index is 0.0591. The van der Waals surface area contributed by atoms with Crippen LogP contribution < -0.4 is 0 Å². The van der Waals surface area contributed by atoms with Crippen molar-refractivity contribution >= 4 is 0 Å². The molecule has 0 aliphatic heterocycles. The second kappa shape index (κ2) is 8.10. The summed E-state index contributed by atoms with van der Waals surface area (Å²) in [6.45, 7) is 0. The molecular weight excluding hydrogens is 376 g/mol. The van der Waals surface area contributed by atoms with Crippen molar-refractivity contribution in [2.75, 3.05) is 0 Å². The van der Waals surface area contributed by atoms with Crippen LogP contribution in [0.4, 0.5) is 0 Å². The van der Waals surface area contributed by atoms with Crippen LogP contribution in [-0.2, 0) is 25.7 Å². The highest BCUT2D eigenvalue weighted by Gasteiger charge is 2.17. The van der Waals surface area contributed by atoms with Gasteiger partial charge in [0.25, 0.3) is 0 Å². The first-order valence-corrected chi connectivity index (χ1v) is 9.03. The monoisotopic (exact) mass is 398 g/mol. The van der Waals surface area contributed by atoms with Gasteiger partial charge in [-0.25, -0.2) is 0 Å². The molecule has 0 saturated carbocycles. The summed E-state index contributed by atoms with van der Waals surface area (Å²) in [4.78, 5) is 0. The Hall–Kier alpha value is -3.74. The van der Waals surface area contributed by atoms with E-state index < -0.39 is 17.2 Å². The van der Waals surface area contributed by atoms with Gasteiger partial charge in [-0.1, -0.05) is 12.1 Å². The molecular formula is C22H22O7. The molecule has 152 valence electrons. The molecule has 3 aromatic rings. The maximum Gasteiger partial charge on any atom is 0.200 e. The van der Waals surface area contributed by atoms with Crippen LogP contribution in [0.2, 0.25) is 0 Å². The van der Waals surface area contributed by atoms with Crippen LogP contribution in [0.1, 0.15) is 22.3 Å². The average molecular weight is 398 g/mol. The third-order valence-electron chi connectivity index (χ3n) is 4.87. The summed E-state index contributed by atoms with van der Waals surface area (Å²) in [6.07, 6.45) is 1.22.